The Bertz CT molecular complexity index is 309. The van der Waals surface area contributed by atoms with E-state index < -0.39 is 0 Å². The predicted octanol–water partition coefficient (Wildman–Crippen LogP) is 2.95. The van der Waals surface area contributed by atoms with Gasteiger partial charge < -0.3 is 14.8 Å². The van der Waals surface area contributed by atoms with Crippen molar-refractivity contribution in [2.45, 2.75) is 66.4 Å². The normalized spacial score (nSPS) is 12.6. The minimum atomic E-state index is -0.207. The van der Waals surface area contributed by atoms with E-state index in [2.05, 4.69) is 46.9 Å². The molecule has 0 aliphatic rings. The van der Waals surface area contributed by atoms with Gasteiger partial charge in [-0.15, -0.1) is 0 Å². The number of aldehydes is 1. The third-order valence-corrected chi connectivity index (χ3v) is 2.97. The van der Waals surface area contributed by atoms with Crippen molar-refractivity contribution in [2.24, 2.45) is 11.3 Å². The molecule has 0 saturated carbocycles. The summed E-state index contributed by atoms with van der Waals surface area (Å²) in [5, 5.41) is 2.89. The zero-order valence-corrected chi connectivity index (χ0v) is 13.9. The number of hydrogen-bond acceptors (Lipinski definition) is 3. The van der Waals surface area contributed by atoms with Crippen molar-refractivity contribution in [3.63, 3.8) is 0 Å². The lowest BCUT2D eigenvalue weighted by Crippen LogP contribution is -2.40. The average Bonchev–Trinajstić information content (AvgIpc) is 2.30. The van der Waals surface area contributed by atoms with Gasteiger partial charge in [-0.2, -0.15) is 0 Å². The molecule has 0 atom stereocenters. The Morgan fingerprint density at radius 2 is 1.85 bits per heavy atom. The molecule has 0 aliphatic carbocycles. The highest BCUT2D eigenvalue weighted by Crippen LogP contribution is 2.30. The molecular weight excluding hydrogens is 254 g/mol. The highest BCUT2D eigenvalue weighted by Gasteiger charge is 2.30. The second-order valence-corrected chi connectivity index (χ2v) is 7.29. The third kappa shape index (κ3) is 9.96. The van der Waals surface area contributed by atoms with E-state index in [1.165, 1.54) is 0 Å². The van der Waals surface area contributed by atoms with E-state index in [0.29, 0.717) is 12.5 Å². The molecule has 1 N–H and O–H groups in total. The molecular formula is C16H31NO3. The number of nitrogens with one attached hydrogen (secondary N) is 1. The summed E-state index contributed by atoms with van der Waals surface area (Å²) in [6.07, 6.45) is 2.19. The molecule has 1 amide bonds. The maximum atomic E-state index is 11.5. The highest BCUT2D eigenvalue weighted by molar-refractivity contribution is 5.78. The molecule has 0 aromatic rings. The van der Waals surface area contributed by atoms with Crippen molar-refractivity contribution in [1.82, 2.24) is 5.32 Å². The van der Waals surface area contributed by atoms with Crippen LogP contribution in [0.5, 0.6) is 0 Å². The molecule has 0 saturated heterocycles. The molecule has 0 aromatic carbocycles. The van der Waals surface area contributed by atoms with Gasteiger partial charge in [-0.25, -0.2) is 0 Å². The summed E-state index contributed by atoms with van der Waals surface area (Å²) in [6, 6.07) is 0. The number of amides is 1. The van der Waals surface area contributed by atoms with Crippen molar-refractivity contribution >= 4 is 12.2 Å². The first-order valence-corrected chi connectivity index (χ1v) is 7.42. The van der Waals surface area contributed by atoms with Crippen LogP contribution in [0.1, 0.15) is 60.8 Å². The highest BCUT2D eigenvalue weighted by atomic mass is 16.5. The Balaban J connectivity index is 4.21. The van der Waals surface area contributed by atoms with Gasteiger partial charge in [0.2, 0.25) is 5.91 Å². The monoisotopic (exact) mass is 285 g/mol. The number of rotatable bonds is 10. The fraction of sp³-hybridized carbons (Fsp3) is 0.875. The van der Waals surface area contributed by atoms with Crippen LogP contribution in [0.4, 0.5) is 0 Å². The van der Waals surface area contributed by atoms with Crippen LogP contribution in [0.3, 0.4) is 0 Å². The average molecular weight is 285 g/mol. The molecule has 0 radical (unpaired) electrons. The maximum absolute atomic E-state index is 11.5. The largest absolute Gasteiger partial charge is 0.375 e. The molecule has 20 heavy (non-hydrogen) atoms. The molecule has 0 spiro atoms. The zero-order chi connectivity index (χ0) is 15.8. The lowest BCUT2D eigenvalue weighted by Gasteiger charge is -2.35. The van der Waals surface area contributed by atoms with Crippen LogP contribution >= 0.6 is 0 Å². The molecule has 0 rings (SSSR count). The van der Waals surface area contributed by atoms with Crippen LogP contribution < -0.4 is 5.32 Å². The molecule has 0 fully saturated rings. The van der Waals surface area contributed by atoms with Gasteiger partial charge in [-0.05, 0) is 31.6 Å². The predicted molar refractivity (Wildman–Crippen MR) is 81.6 cm³/mol. The first kappa shape index (κ1) is 19.1. The summed E-state index contributed by atoms with van der Waals surface area (Å²) in [5.41, 5.74) is -0.251. The summed E-state index contributed by atoms with van der Waals surface area (Å²) in [7, 11) is 0. The van der Waals surface area contributed by atoms with Gasteiger partial charge in [0.25, 0.3) is 0 Å². The van der Waals surface area contributed by atoms with E-state index in [0.717, 1.165) is 19.3 Å². The van der Waals surface area contributed by atoms with Crippen LogP contribution in [0.15, 0.2) is 0 Å². The van der Waals surface area contributed by atoms with E-state index in [-0.39, 0.29) is 29.8 Å². The molecule has 0 unspecified atom stereocenters. The number of carbonyl (C=O) groups is 2. The number of carbonyl (C=O) groups excluding carboxylic acids is 2. The van der Waals surface area contributed by atoms with Gasteiger partial charge >= 0.3 is 0 Å². The quantitative estimate of drug-likeness (QED) is 0.628. The van der Waals surface area contributed by atoms with Gasteiger partial charge in [0.15, 0.2) is 0 Å². The van der Waals surface area contributed by atoms with Crippen molar-refractivity contribution < 1.29 is 14.3 Å². The van der Waals surface area contributed by atoms with Crippen LogP contribution in [0.2, 0.25) is 0 Å². The number of ether oxygens (including phenoxy) is 1. The Labute approximate surface area is 123 Å². The summed E-state index contributed by atoms with van der Waals surface area (Å²) < 4.78 is 5.94. The van der Waals surface area contributed by atoms with E-state index in [1.807, 2.05) is 0 Å². The Kier molecular flexibility index (Phi) is 8.02. The zero-order valence-electron chi connectivity index (χ0n) is 13.9. The summed E-state index contributed by atoms with van der Waals surface area (Å²) >= 11 is 0. The fourth-order valence-electron chi connectivity index (χ4n) is 2.27. The smallest absolute Gasteiger partial charge is 0.220 e. The lowest BCUT2D eigenvalue weighted by molar-refractivity contribution is -0.123. The van der Waals surface area contributed by atoms with E-state index in [4.69, 9.17) is 4.74 Å². The van der Waals surface area contributed by atoms with Gasteiger partial charge in [-0.1, -0.05) is 27.7 Å². The van der Waals surface area contributed by atoms with Crippen molar-refractivity contribution in [3.8, 4) is 0 Å². The molecule has 4 nitrogen and oxygen atoms in total. The molecule has 0 bridgehead atoms. The second-order valence-electron chi connectivity index (χ2n) is 7.29. The SMILES string of the molecule is CC(C)COC(C)(C)CC(C)(C)CNC(=O)CCC=O. The fourth-order valence-corrected chi connectivity index (χ4v) is 2.27. The molecule has 0 heterocycles. The molecule has 0 aliphatic heterocycles. The van der Waals surface area contributed by atoms with E-state index in [1.54, 1.807) is 0 Å². The minimum absolute atomic E-state index is 0.0443. The van der Waals surface area contributed by atoms with E-state index in [9.17, 15) is 9.59 Å². The number of hydrogen-bond donors (Lipinski definition) is 1. The Morgan fingerprint density at radius 3 is 2.35 bits per heavy atom. The summed E-state index contributed by atoms with van der Waals surface area (Å²) in [4.78, 5) is 21.8. The van der Waals surface area contributed by atoms with Crippen molar-refractivity contribution in [1.29, 1.82) is 0 Å². The minimum Gasteiger partial charge on any atom is -0.375 e. The molecule has 0 aromatic heterocycles. The Hall–Kier alpha value is -0.900. The first-order chi connectivity index (χ1) is 9.08. The summed E-state index contributed by atoms with van der Waals surface area (Å²) in [5.74, 6) is 0.450. The molecule has 118 valence electrons. The first-order valence-electron chi connectivity index (χ1n) is 7.42. The standard InChI is InChI=1S/C16H31NO3/c1-13(2)10-20-16(5,6)11-15(3,4)12-17-14(19)8-7-9-18/h9,13H,7-8,10-12H2,1-6H3,(H,17,19). The second kappa shape index (κ2) is 8.40. The summed E-state index contributed by atoms with van der Waals surface area (Å²) in [6.45, 7) is 14.0. The maximum Gasteiger partial charge on any atom is 0.220 e. The van der Waals surface area contributed by atoms with Gasteiger partial charge in [0, 0.05) is 26.0 Å². The van der Waals surface area contributed by atoms with Crippen LogP contribution in [0, 0.1) is 11.3 Å². The lowest BCUT2D eigenvalue weighted by atomic mass is 9.81. The van der Waals surface area contributed by atoms with Crippen LogP contribution in [-0.4, -0.2) is 30.9 Å². The van der Waals surface area contributed by atoms with Gasteiger partial charge in [0.1, 0.15) is 6.29 Å². The van der Waals surface area contributed by atoms with E-state index >= 15 is 0 Å². The third-order valence-electron chi connectivity index (χ3n) is 2.97. The topological polar surface area (TPSA) is 55.4 Å². The molecule has 4 heteroatoms. The van der Waals surface area contributed by atoms with Gasteiger partial charge in [-0.3, -0.25) is 4.79 Å². The van der Waals surface area contributed by atoms with Crippen LogP contribution in [0.25, 0.3) is 0 Å². The van der Waals surface area contributed by atoms with Crippen molar-refractivity contribution in [3.05, 3.63) is 0 Å². The Morgan fingerprint density at radius 1 is 1.25 bits per heavy atom. The van der Waals surface area contributed by atoms with Crippen molar-refractivity contribution in [2.75, 3.05) is 13.2 Å². The van der Waals surface area contributed by atoms with Crippen LogP contribution in [-0.2, 0) is 14.3 Å². The van der Waals surface area contributed by atoms with Gasteiger partial charge in [0.05, 0.1) is 5.60 Å².